The number of carbonyl (C=O) groups excluding carboxylic acids is 1. The van der Waals surface area contributed by atoms with Gasteiger partial charge in [0.15, 0.2) is 0 Å². The highest BCUT2D eigenvalue weighted by atomic mass is 16.2. The Morgan fingerprint density at radius 2 is 2.22 bits per heavy atom. The maximum Gasteiger partial charge on any atom is 0.317 e. The molecule has 0 aromatic carbocycles. The van der Waals surface area contributed by atoms with E-state index >= 15 is 0 Å². The molecular weight excluding hydrogens is 228 g/mol. The molecule has 1 aromatic rings. The standard InChI is InChI=1S/C13H22N4O/c1-12-3-8-17(9-4-12)13(18)15-5-2-7-16-10-6-14-11-16/h6,10-12H,2-5,7-9H2,1H3,(H,15,18). The van der Waals surface area contributed by atoms with Gasteiger partial charge >= 0.3 is 6.03 Å². The first-order chi connectivity index (χ1) is 8.75. The van der Waals surface area contributed by atoms with Crippen LogP contribution in [0.5, 0.6) is 0 Å². The van der Waals surface area contributed by atoms with E-state index in [1.807, 2.05) is 15.7 Å². The average molecular weight is 250 g/mol. The molecule has 100 valence electrons. The third-order valence-electron chi connectivity index (χ3n) is 3.50. The van der Waals surface area contributed by atoms with Gasteiger partial charge in [-0.05, 0) is 25.2 Å². The topological polar surface area (TPSA) is 50.2 Å². The minimum atomic E-state index is 0.0903. The molecule has 1 fully saturated rings. The van der Waals surface area contributed by atoms with E-state index in [2.05, 4.69) is 17.2 Å². The van der Waals surface area contributed by atoms with Crippen molar-refractivity contribution in [3.05, 3.63) is 18.7 Å². The van der Waals surface area contributed by atoms with Crippen molar-refractivity contribution >= 4 is 6.03 Å². The van der Waals surface area contributed by atoms with E-state index in [1.54, 1.807) is 12.5 Å². The van der Waals surface area contributed by atoms with Crippen molar-refractivity contribution in [2.45, 2.75) is 32.7 Å². The van der Waals surface area contributed by atoms with Gasteiger partial charge in [-0.1, -0.05) is 6.92 Å². The molecule has 1 aromatic heterocycles. The second-order valence-electron chi connectivity index (χ2n) is 5.06. The number of nitrogens with zero attached hydrogens (tertiary/aromatic N) is 3. The number of carbonyl (C=O) groups is 1. The third-order valence-corrected chi connectivity index (χ3v) is 3.50. The Bertz CT molecular complexity index is 355. The number of hydrogen-bond acceptors (Lipinski definition) is 2. The summed E-state index contributed by atoms with van der Waals surface area (Å²) in [5, 5.41) is 2.98. The highest BCUT2D eigenvalue weighted by Crippen LogP contribution is 2.15. The minimum absolute atomic E-state index is 0.0903. The molecule has 2 heterocycles. The van der Waals surface area contributed by atoms with E-state index in [0.29, 0.717) is 0 Å². The first-order valence-electron chi connectivity index (χ1n) is 6.74. The fraction of sp³-hybridized carbons (Fsp3) is 0.692. The van der Waals surface area contributed by atoms with Crippen molar-refractivity contribution in [2.75, 3.05) is 19.6 Å². The van der Waals surface area contributed by atoms with Crippen LogP contribution in [0.15, 0.2) is 18.7 Å². The molecule has 1 saturated heterocycles. The number of aromatic nitrogens is 2. The largest absolute Gasteiger partial charge is 0.338 e. The first-order valence-corrected chi connectivity index (χ1v) is 6.74. The van der Waals surface area contributed by atoms with Gasteiger partial charge in [0.05, 0.1) is 6.33 Å². The minimum Gasteiger partial charge on any atom is -0.338 e. The fourth-order valence-corrected chi connectivity index (χ4v) is 2.20. The zero-order chi connectivity index (χ0) is 12.8. The van der Waals surface area contributed by atoms with Crippen molar-refractivity contribution < 1.29 is 4.79 Å². The number of likely N-dealkylation sites (tertiary alicyclic amines) is 1. The lowest BCUT2D eigenvalue weighted by Gasteiger charge is -2.30. The van der Waals surface area contributed by atoms with Crippen LogP contribution in [0, 0.1) is 5.92 Å². The van der Waals surface area contributed by atoms with Crippen LogP contribution >= 0.6 is 0 Å². The van der Waals surface area contributed by atoms with Crippen LogP contribution in [0.4, 0.5) is 4.79 Å². The van der Waals surface area contributed by atoms with Crippen molar-refractivity contribution in [1.82, 2.24) is 19.8 Å². The molecular formula is C13H22N4O. The number of amides is 2. The lowest BCUT2D eigenvalue weighted by Crippen LogP contribution is -2.44. The zero-order valence-electron chi connectivity index (χ0n) is 11.0. The van der Waals surface area contributed by atoms with E-state index in [4.69, 9.17) is 0 Å². The van der Waals surface area contributed by atoms with E-state index in [0.717, 1.165) is 51.4 Å². The van der Waals surface area contributed by atoms with Crippen LogP contribution in [-0.2, 0) is 6.54 Å². The van der Waals surface area contributed by atoms with Crippen molar-refractivity contribution in [3.8, 4) is 0 Å². The Hall–Kier alpha value is -1.52. The van der Waals surface area contributed by atoms with Gasteiger partial charge in [0, 0.05) is 38.6 Å². The number of hydrogen-bond donors (Lipinski definition) is 1. The molecule has 2 amide bonds. The van der Waals surface area contributed by atoms with Crippen molar-refractivity contribution in [3.63, 3.8) is 0 Å². The Morgan fingerprint density at radius 1 is 1.44 bits per heavy atom. The molecule has 1 aliphatic heterocycles. The van der Waals surface area contributed by atoms with E-state index in [1.165, 1.54) is 0 Å². The number of piperidine rings is 1. The molecule has 5 heteroatoms. The van der Waals surface area contributed by atoms with E-state index < -0.39 is 0 Å². The molecule has 0 radical (unpaired) electrons. The molecule has 0 bridgehead atoms. The van der Waals surface area contributed by atoms with Crippen molar-refractivity contribution in [1.29, 1.82) is 0 Å². The summed E-state index contributed by atoms with van der Waals surface area (Å²) in [6, 6.07) is 0.0903. The number of urea groups is 1. The summed E-state index contributed by atoms with van der Waals surface area (Å²) >= 11 is 0. The highest BCUT2D eigenvalue weighted by molar-refractivity contribution is 5.74. The second kappa shape index (κ2) is 6.42. The molecule has 0 aliphatic carbocycles. The smallest absolute Gasteiger partial charge is 0.317 e. The monoisotopic (exact) mass is 250 g/mol. The van der Waals surface area contributed by atoms with E-state index in [-0.39, 0.29) is 6.03 Å². The molecule has 0 saturated carbocycles. The Labute approximate surface area is 108 Å². The lowest BCUT2D eigenvalue weighted by molar-refractivity contribution is 0.174. The van der Waals surface area contributed by atoms with Gasteiger partial charge in [0.25, 0.3) is 0 Å². The van der Waals surface area contributed by atoms with Crippen LogP contribution in [-0.4, -0.2) is 40.1 Å². The normalized spacial score (nSPS) is 16.8. The number of aryl methyl sites for hydroxylation is 1. The SMILES string of the molecule is CC1CCN(C(=O)NCCCn2ccnc2)CC1. The van der Waals surface area contributed by atoms with Gasteiger partial charge in [-0.3, -0.25) is 0 Å². The molecule has 18 heavy (non-hydrogen) atoms. The molecule has 0 spiro atoms. The van der Waals surface area contributed by atoms with Gasteiger partial charge in [0.2, 0.25) is 0 Å². The van der Waals surface area contributed by atoms with Gasteiger partial charge in [-0.25, -0.2) is 9.78 Å². The number of nitrogens with one attached hydrogen (secondary N) is 1. The third kappa shape index (κ3) is 3.75. The highest BCUT2D eigenvalue weighted by Gasteiger charge is 2.19. The maximum absolute atomic E-state index is 11.9. The number of rotatable bonds is 4. The quantitative estimate of drug-likeness (QED) is 0.827. The van der Waals surface area contributed by atoms with E-state index in [9.17, 15) is 4.79 Å². The first kappa shape index (κ1) is 12.9. The second-order valence-corrected chi connectivity index (χ2v) is 5.06. The maximum atomic E-state index is 11.9. The van der Waals surface area contributed by atoms with Gasteiger partial charge in [-0.2, -0.15) is 0 Å². The predicted molar refractivity (Wildman–Crippen MR) is 70.2 cm³/mol. The molecule has 1 N–H and O–H groups in total. The van der Waals surface area contributed by atoms with Gasteiger partial charge < -0.3 is 14.8 Å². The van der Waals surface area contributed by atoms with Gasteiger partial charge in [-0.15, -0.1) is 0 Å². The molecule has 2 rings (SSSR count). The lowest BCUT2D eigenvalue weighted by atomic mass is 10.00. The number of imidazole rings is 1. The Balaban J connectivity index is 1.60. The molecule has 0 atom stereocenters. The van der Waals surface area contributed by atoms with Crippen LogP contribution in [0.1, 0.15) is 26.2 Å². The van der Waals surface area contributed by atoms with Crippen LogP contribution < -0.4 is 5.32 Å². The zero-order valence-corrected chi connectivity index (χ0v) is 11.0. The summed E-state index contributed by atoms with van der Waals surface area (Å²) in [5.74, 6) is 0.760. The Morgan fingerprint density at radius 3 is 2.89 bits per heavy atom. The summed E-state index contributed by atoms with van der Waals surface area (Å²) in [4.78, 5) is 17.8. The summed E-state index contributed by atoms with van der Waals surface area (Å²) in [6.07, 6.45) is 8.70. The van der Waals surface area contributed by atoms with Crippen molar-refractivity contribution in [2.24, 2.45) is 5.92 Å². The average Bonchev–Trinajstić information content (AvgIpc) is 2.88. The van der Waals surface area contributed by atoms with Gasteiger partial charge in [0.1, 0.15) is 0 Å². The predicted octanol–water partition coefficient (Wildman–Crippen LogP) is 1.71. The summed E-state index contributed by atoms with van der Waals surface area (Å²) < 4.78 is 2.02. The van der Waals surface area contributed by atoms with Crippen LogP contribution in [0.3, 0.4) is 0 Å². The summed E-state index contributed by atoms with van der Waals surface area (Å²) in [7, 11) is 0. The summed E-state index contributed by atoms with van der Waals surface area (Å²) in [6.45, 7) is 5.67. The van der Waals surface area contributed by atoms with Crippen LogP contribution in [0.2, 0.25) is 0 Å². The fourth-order valence-electron chi connectivity index (χ4n) is 2.20. The molecule has 1 aliphatic rings. The Kier molecular flexibility index (Phi) is 4.61. The molecule has 0 unspecified atom stereocenters. The van der Waals surface area contributed by atoms with Crippen LogP contribution in [0.25, 0.3) is 0 Å². The summed E-state index contributed by atoms with van der Waals surface area (Å²) in [5.41, 5.74) is 0. The molecule has 5 nitrogen and oxygen atoms in total.